The highest BCUT2D eigenvalue weighted by Gasteiger charge is 2.29. The zero-order valence-corrected chi connectivity index (χ0v) is 19.2. The summed E-state index contributed by atoms with van der Waals surface area (Å²) >= 11 is 3.26. The molecule has 1 saturated heterocycles. The zero-order valence-electron chi connectivity index (χ0n) is 17.6. The summed E-state index contributed by atoms with van der Waals surface area (Å²) < 4.78 is 2.82. The molecule has 0 bridgehead atoms. The van der Waals surface area contributed by atoms with Gasteiger partial charge in [-0.3, -0.25) is 4.90 Å². The number of anilines is 1. The predicted octanol–water partition coefficient (Wildman–Crippen LogP) is 3.36. The van der Waals surface area contributed by atoms with Crippen LogP contribution in [0.2, 0.25) is 0 Å². The summed E-state index contributed by atoms with van der Waals surface area (Å²) in [7, 11) is 0. The van der Waals surface area contributed by atoms with Gasteiger partial charge in [0.05, 0.1) is 28.4 Å². The number of piperazine rings is 1. The first-order chi connectivity index (χ1) is 15.6. The molecule has 0 aliphatic carbocycles. The molecule has 11 heteroatoms. The number of aromatic nitrogens is 5. The van der Waals surface area contributed by atoms with Crippen LogP contribution in [0.5, 0.6) is 0 Å². The van der Waals surface area contributed by atoms with E-state index in [9.17, 15) is 9.90 Å². The summed E-state index contributed by atoms with van der Waals surface area (Å²) in [6.45, 7) is 6.36. The number of carbonyl (C=O) groups is 1. The Morgan fingerprint density at radius 1 is 1.22 bits per heavy atom. The van der Waals surface area contributed by atoms with Crippen LogP contribution in [0.25, 0.3) is 10.2 Å². The summed E-state index contributed by atoms with van der Waals surface area (Å²) in [5.74, 6) is -0.00183. The zero-order chi connectivity index (χ0) is 22.1. The highest BCUT2D eigenvalue weighted by molar-refractivity contribution is 7.22. The Labute approximate surface area is 192 Å². The maximum atomic E-state index is 11.2. The van der Waals surface area contributed by atoms with Crippen molar-refractivity contribution in [2.45, 2.75) is 25.9 Å². The fraction of sp³-hybridized carbons (Fsp3) is 0.381. The van der Waals surface area contributed by atoms with Gasteiger partial charge in [-0.05, 0) is 46.5 Å². The average Bonchev–Trinajstić information content (AvgIpc) is 3.56. The monoisotopic (exact) mass is 469 g/mol. The Hall–Kier alpha value is -2.89. The van der Waals surface area contributed by atoms with Gasteiger partial charge in [0.2, 0.25) is 0 Å². The molecule has 5 rings (SSSR count). The minimum atomic E-state index is -0.914. The molecule has 0 spiro atoms. The second-order valence-electron chi connectivity index (χ2n) is 7.71. The molecule has 4 aromatic rings. The SMILES string of the molecule is CCC(c1nnnn1Cc1cccs1)N1CCN(c2nc3ccc(C(=O)O)cc3s2)CC1. The van der Waals surface area contributed by atoms with Crippen molar-refractivity contribution in [2.75, 3.05) is 31.1 Å². The van der Waals surface area contributed by atoms with Gasteiger partial charge in [-0.2, -0.15) is 0 Å². The van der Waals surface area contributed by atoms with Crippen LogP contribution in [0.1, 0.15) is 40.4 Å². The van der Waals surface area contributed by atoms with Crippen LogP contribution in [0, 0.1) is 0 Å². The first-order valence-electron chi connectivity index (χ1n) is 10.5. The number of hydrogen-bond acceptors (Lipinski definition) is 9. The quantitative estimate of drug-likeness (QED) is 0.440. The van der Waals surface area contributed by atoms with Gasteiger partial charge in [0.1, 0.15) is 0 Å². The van der Waals surface area contributed by atoms with Gasteiger partial charge >= 0.3 is 5.97 Å². The van der Waals surface area contributed by atoms with Crippen molar-refractivity contribution in [3.63, 3.8) is 0 Å². The molecule has 4 heterocycles. The van der Waals surface area contributed by atoms with Crippen molar-refractivity contribution in [3.8, 4) is 0 Å². The van der Waals surface area contributed by atoms with E-state index < -0.39 is 5.97 Å². The summed E-state index contributed by atoms with van der Waals surface area (Å²) in [5.41, 5.74) is 1.14. The fourth-order valence-electron chi connectivity index (χ4n) is 4.12. The van der Waals surface area contributed by atoms with Crippen LogP contribution in [0.4, 0.5) is 5.13 Å². The van der Waals surface area contributed by atoms with Crippen LogP contribution in [0.3, 0.4) is 0 Å². The van der Waals surface area contributed by atoms with Crippen molar-refractivity contribution < 1.29 is 9.90 Å². The fourth-order valence-corrected chi connectivity index (χ4v) is 5.87. The smallest absolute Gasteiger partial charge is 0.335 e. The third-order valence-corrected chi connectivity index (χ3v) is 7.72. The molecule has 9 nitrogen and oxygen atoms in total. The number of nitrogens with zero attached hydrogens (tertiary/aromatic N) is 7. The first kappa shape index (κ1) is 21.0. The number of thiazole rings is 1. The lowest BCUT2D eigenvalue weighted by atomic mass is 10.1. The Bertz CT molecular complexity index is 1210. The van der Waals surface area contributed by atoms with E-state index in [0.717, 1.165) is 53.8 Å². The van der Waals surface area contributed by atoms with E-state index in [0.29, 0.717) is 12.1 Å². The maximum Gasteiger partial charge on any atom is 0.335 e. The van der Waals surface area contributed by atoms with E-state index in [1.165, 1.54) is 4.88 Å². The van der Waals surface area contributed by atoms with E-state index in [-0.39, 0.29) is 6.04 Å². The maximum absolute atomic E-state index is 11.2. The van der Waals surface area contributed by atoms with Crippen molar-refractivity contribution in [2.24, 2.45) is 0 Å². The predicted molar refractivity (Wildman–Crippen MR) is 125 cm³/mol. The molecule has 1 atom stereocenters. The molecule has 1 unspecified atom stereocenters. The lowest BCUT2D eigenvalue weighted by molar-refractivity contribution is 0.0697. The van der Waals surface area contributed by atoms with Gasteiger partial charge in [0.15, 0.2) is 11.0 Å². The van der Waals surface area contributed by atoms with Gasteiger partial charge < -0.3 is 10.0 Å². The topological polar surface area (TPSA) is 100 Å². The molecule has 1 aliphatic rings. The highest BCUT2D eigenvalue weighted by atomic mass is 32.1. The average molecular weight is 470 g/mol. The van der Waals surface area contributed by atoms with E-state index in [4.69, 9.17) is 4.98 Å². The normalized spacial score (nSPS) is 16.0. The lowest BCUT2D eigenvalue weighted by Gasteiger charge is -2.38. The summed E-state index contributed by atoms with van der Waals surface area (Å²) in [5, 5.41) is 24.8. The van der Waals surface area contributed by atoms with Gasteiger partial charge in [0.25, 0.3) is 0 Å². The molecule has 0 saturated carbocycles. The Morgan fingerprint density at radius 2 is 2.06 bits per heavy atom. The van der Waals surface area contributed by atoms with Crippen molar-refractivity contribution in [3.05, 3.63) is 52.0 Å². The number of rotatable bonds is 7. The molecular formula is C21H23N7O2S2. The molecule has 1 aromatic carbocycles. The molecule has 1 aliphatic heterocycles. The number of benzene rings is 1. The molecule has 0 amide bonds. The number of tetrazole rings is 1. The van der Waals surface area contributed by atoms with Gasteiger partial charge in [0, 0.05) is 31.1 Å². The van der Waals surface area contributed by atoms with Crippen LogP contribution in [-0.2, 0) is 6.54 Å². The second-order valence-corrected chi connectivity index (χ2v) is 9.75. The minimum Gasteiger partial charge on any atom is -0.478 e. The van der Waals surface area contributed by atoms with Crippen LogP contribution in [0.15, 0.2) is 35.7 Å². The van der Waals surface area contributed by atoms with Gasteiger partial charge in [-0.25, -0.2) is 14.5 Å². The largest absolute Gasteiger partial charge is 0.478 e. The van der Waals surface area contributed by atoms with E-state index in [2.05, 4.69) is 43.7 Å². The Kier molecular flexibility index (Phi) is 5.85. The van der Waals surface area contributed by atoms with Crippen molar-refractivity contribution in [1.29, 1.82) is 0 Å². The molecule has 1 N–H and O–H groups in total. The number of aromatic carboxylic acids is 1. The van der Waals surface area contributed by atoms with Crippen LogP contribution in [-0.4, -0.2) is 67.3 Å². The number of hydrogen-bond donors (Lipinski definition) is 1. The number of thiophene rings is 1. The van der Waals surface area contributed by atoms with Gasteiger partial charge in [-0.1, -0.05) is 24.3 Å². The molecule has 0 radical (unpaired) electrons. The van der Waals surface area contributed by atoms with Crippen LogP contribution >= 0.6 is 22.7 Å². The third-order valence-electron chi connectivity index (χ3n) is 5.78. The first-order valence-corrected chi connectivity index (χ1v) is 12.2. The minimum absolute atomic E-state index is 0.167. The summed E-state index contributed by atoms with van der Waals surface area (Å²) in [4.78, 5) is 21.9. The molecule has 166 valence electrons. The van der Waals surface area contributed by atoms with E-state index >= 15 is 0 Å². The molecule has 32 heavy (non-hydrogen) atoms. The van der Waals surface area contributed by atoms with E-state index in [1.807, 2.05) is 10.7 Å². The molecule has 3 aromatic heterocycles. The third kappa shape index (κ3) is 4.10. The number of carboxylic acid groups (broad SMARTS) is 1. The number of fused-ring (bicyclic) bond motifs is 1. The van der Waals surface area contributed by atoms with E-state index in [1.54, 1.807) is 40.9 Å². The Morgan fingerprint density at radius 3 is 2.78 bits per heavy atom. The van der Waals surface area contributed by atoms with Crippen LogP contribution < -0.4 is 4.90 Å². The molecular weight excluding hydrogens is 446 g/mol. The van der Waals surface area contributed by atoms with Crippen molar-refractivity contribution >= 4 is 44.0 Å². The summed E-state index contributed by atoms with van der Waals surface area (Å²) in [6, 6.07) is 9.42. The second kappa shape index (κ2) is 8.93. The Balaban J connectivity index is 1.28. The highest BCUT2D eigenvalue weighted by Crippen LogP contribution is 2.31. The molecule has 1 fully saturated rings. The number of carboxylic acids is 1. The standard InChI is InChI=1S/C21H23N7O2S2/c1-2-17(19-23-24-25-28(19)13-15-4-3-11-31-15)26-7-9-27(10-8-26)21-22-16-6-5-14(20(29)30)12-18(16)32-21/h3-6,11-12,17H,2,7-10,13H2,1H3,(H,29,30). The lowest BCUT2D eigenvalue weighted by Crippen LogP contribution is -2.48. The summed E-state index contributed by atoms with van der Waals surface area (Å²) in [6.07, 6.45) is 0.934. The van der Waals surface area contributed by atoms with Crippen molar-refractivity contribution in [1.82, 2.24) is 30.1 Å². The van der Waals surface area contributed by atoms with Gasteiger partial charge in [-0.15, -0.1) is 16.4 Å².